The molecule has 2 atom stereocenters. The van der Waals surface area contributed by atoms with Crippen LogP contribution in [0.5, 0.6) is 0 Å². The van der Waals surface area contributed by atoms with Crippen molar-refractivity contribution in [1.29, 1.82) is 0 Å². The first-order valence-corrected chi connectivity index (χ1v) is 8.99. The van der Waals surface area contributed by atoms with Gasteiger partial charge in [0.05, 0.1) is 12.7 Å². The van der Waals surface area contributed by atoms with Crippen LogP contribution in [0, 0.1) is 5.92 Å². The van der Waals surface area contributed by atoms with Crippen molar-refractivity contribution in [1.82, 2.24) is 0 Å². The zero-order valence-electron chi connectivity index (χ0n) is 12.9. The summed E-state index contributed by atoms with van der Waals surface area (Å²) in [5, 5.41) is 0. The lowest BCUT2D eigenvalue weighted by Gasteiger charge is -2.21. The van der Waals surface area contributed by atoms with Gasteiger partial charge in [0.1, 0.15) is 0 Å². The number of halogens is 1. The minimum Gasteiger partial charge on any atom is -0.284 e. The summed E-state index contributed by atoms with van der Waals surface area (Å²) in [6.07, 6.45) is 6.77. The van der Waals surface area contributed by atoms with Gasteiger partial charge in [-0.15, -0.1) is 4.20 Å². The smallest absolute Gasteiger partial charge is 0.284 e. The molecule has 0 aromatic carbocycles. The quantitative estimate of drug-likeness (QED) is 0.332. The summed E-state index contributed by atoms with van der Waals surface area (Å²) in [7, 11) is -4.38. The van der Waals surface area contributed by atoms with Crippen LogP contribution >= 0.6 is 7.91 Å². The molecule has 0 saturated heterocycles. The maximum Gasteiger partial charge on any atom is 0.513 e. The highest BCUT2D eigenvalue weighted by atomic mass is 31.2. The highest BCUT2D eigenvalue weighted by molar-refractivity contribution is 7.48. The Kier molecular flexibility index (Phi) is 10.9. The van der Waals surface area contributed by atoms with E-state index in [0.717, 1.165) is 19.3 Å². The van der Waals surface area contributed by atoms with Gasteiger partial charge >= 0.3 is 7.91 Å². The van der Waals surface area contributed by atoms with E-state index >= 15 is 0 Å². The normalized spacial score (nSPS) is 16.5. The molecule has 0 aliphatic rings. The van der Waals surface area contributed by atoms with Gasteiger partial charge in [-0.25, -0.2) is 4.57 Å². The molecule has 0 saturated carbocycles. The molecule has 0 aliphatic carbocycles. The summed E-state index contributed by atoms with van der Waals surface area (Å²) in [5.41, 5.74) is 0. The summed E-state index contributed by atoms with van der Waals surface area (Å²) in [5.74, 6) is 0.131. The van der Waals surface area contributed by atoms with Gasteiger partial charge < -0.3 is 0 Å². The lowest BCUT2D eigenvalue weighted by Crippen LogP contribution is -2.17. The minimum atomic E-state index is -4.38. The molecule has 5 heteroatoms. The monoisotopic (exact) mass is 296 g/mol. The average Bonchev–Trinajstić information content (AvgIpc) is 2.34. The van der Waals surface area contributed by atoms with Crippen LogP contribution in [0.15, 0.2) is 0 Å². The van der Waals surface area contributed by atoms with Crippen molar-refractivity contribution in [2.45, 2.75) is 78.7 Å². The van der Waals surface area contributed by atoms with Gasteiger partial charge in [0.15, 0.2) is 0 Å². The Labute approximate surface area is 117 Å². The molecular formula is C14H30FO3P. The zero-order valence-corrected chi connectivity index (χ0v) is 13.8. The number of rotatable bonds is 12. The Bertz CT molecular complexity index is 259. The van der Waals surface area contributed by atoms with Gasteiger partial charge in [0.2, 0.25) is 0 Å². The first-order valence-electron chi connectivity index (χ1n) is 7.55. The average molecular weight is 296 g/mol. The van der Waals surface area contributed by atoms with E-state index in [-0.39, 0.29) is 18.6 Å². The molecule has 0 spiro atoms. The van der Waals surface area contributed by atoms with Gasteiger partial charge in [-0.2, -0.15) is 0 Å². The molecular weight excluding hydrogens is 266 g/mol. The molecule has 0 radical (unpaired) electrons. The summed E-state index contributed by atoms with van der Waals surface area (Å²) < 4.78 is 34.9. The van der Waals surface area contributed by atoms with E-state index in [1.807, 2.05) is 20.8 Å². The van der Waals surface area contributed by atoms with Crippen molar-refractivity contribution >= 4 is 7.91 Å². The fourth-order valence-corrected chi connectivity index (χ4v) is 3.04. The fraction of sp³-hybridized carbons (Fsp3) is 1.00. The molecule has 0 aromatic rings. The lowest BCUT2D eigenvalue weighted by molar-refractivity contribution is 0.0906. The van der Waals surface area contributed by atoms with E-state index in [1.54, 1.807) is 0 Å². The third kappa shape index (κ3) is 10.5. The molecule has 3 nitrogen and oxygen atoms in total. The van der Waals surface area contributed by atoms with Crippen molar-refractivity contribution in [2.75, 3.05) is 6.61 Å². The summed E-state index contributed by atoms with van der Waals surface area (Å²) in [6.45, 7) is 8.06. The van der Waals surface area contributed by atoms with Gasteiger partial charge in [-0.3, -0.25) is 9.05 Å². The van der Waals surface area contributed by atoms with Crippen LogP contribution in [0.1, 0.15) is 72.6 Å². The standard InChI is InChI=1S/C14H30FO3P/c1-5-7-8-9-10-11-12-17-19(15,16)18-14(6-2)13(3)4/h13-14H,5-12H2,1-4H3. The number of hydrogen-bond acceptors (Lipinski definition) is 3. The highest BCUT2D eigenvalue weighted by Gasteiger charge is 2.29. The predicted molar refractivity (Wildman–Crippen MR) is 78.0 cm³/mol. The van der Waals surface area contributed by atoms with Crippen molar-refractivity contribution in [3.63, 3.8) is 0 Å². The third-order valence-corrected chi connectivity index (χ3v) is 4.16. The lowest BCUT2D eigenvalue weighted by atomic mass is 10.1. The van der Waals surface area contributed by atoms with E-state index in [4.69, 9.17) is 9.05 Å². The van der Waals surface area contributed by atoms with Crippen LogP contribution in [0.2, 0.25) is 0 Å². The molecule has 2 unspecified atom stereocenters. The van der Waals surface area contributed by atoms with Crippen LogP contribution in [0.3, 0.4) is 0 Å². The number of hydrogen-bond donors (Lipinski definition) is 0. The predicted octanol–water partition coefficient (Wildman–Crippen LogP) is 5.89. The van der Waals surface area contributed by atoms with Crippen molar-refractivity contribution in [3.05, 3.63) is 0 Å². The van der Waals surface area contributed by atoms with E-state index < -0.39 is 7.91 Å². The van der Waals surface area contributed by atoms with Gasteiger partial charge in [-0.1, -0.05) is 59.8 Å². The van der Waals surface area contributed by atoms with Gasteiger partial charge in [0.25, 0.3) is 0 Å². The van der Waals surface area contributed by atoms with Crippen LogP contribution in [0.25, 0.3) is 0 Å². The molecule has 0 rings (SSSR count). The first kappa shape index (κ1) is 19.1. The molecule has 0 aliphatic heterocycles. The van der Waals surface area contributed by atoms with Gasteiger partial charge in [0, 0.05) is 0 Å². The Balaban J connectivity index is 3.75. The fourth-order valence-electron chi connectivity index (χ4n) is 1.92. The third-order valence-electron chi connectivity index (χ3n) is 3.15. The van der Waals surface area contributed by atoms with Crippen molar-refractivity contribution in [2.24, 2.45) is 5.92 Å². The van der Waals surface area contributed by atoms with Crippen LogP contribution < -0.4 is 0 Å². The SMILES string of the molecule is CCCCCCCCOP(=O)(F)OC(CC)C(C)C. The Hall–Kier alpha value is 0.0800. The van der Waals surface area contributed by atoms with Crippen LogP contribution in [0.4, 0.5) is 4.20 Å². The topological polar surface area (TPSA) is 35.5 Å². The first-order chi connectivity index (χ1) is 8.93. The van der Waals surface area contributed by atoms with Crippen LogP contribution in [-0.4, -0.2) is 12.7 Å². The van der Waals surface area contributed by atoms with E-state index in [1.165, 1.54) is 19.3 Å². The molecule has 0 aromatic heterocycles. The van der Waals surface area contributed by atoms with Crippen molar-refractivity contribution in [3.8, 4) is 0 Å². The van der Waals surface area contributed by atoms with E-state index in [0.29, 0.717) is 6.42 Å². The second-order valence-electron chi connectivity index (χ2n) is 5.33. The molecule has 0 amide bonds. The summed E-state index contributed by atoms with van der Waals surface area (Å²) >= 11 is 0. The maximum absolute atomic E-state index is 13.6. The van der Waals surface area contributed by atoms with E-state index in [9.17, 15) is 8.76 Å². The Morgan fingerprint density at radius 3 is 2.16 bits per heavy atom. The largest absolute Gasteiger partial charge is 0.513 e. The Morgan fingerprint density at radius 2 is 1.63 bits per heavy atom. The second kappa shape index (κ2) is 10.8. The molecule has 0 N–H and O–H groups in total. The summed E-state index contributed by atoms with van der Waals surface area (Å²) in [4.78, 5) is 0. The van der Waals surface area contributed by atoms with Crippen LogP contribution in [-0.2, 0) is 13.6 Å². The molecule has 116 valence electrons. The highest BCUT2D eigenvalue weighted by Crippen LogP contribution is 2.52. The molecule has 19 heavy (non-hydrogen) atoms. The second-order valence-corrected chi connectivity index (χ2v) is 6.66. The molecule has 0 heterocycles. The molecule has 0 fully saturated rings. The zero-order chi connectivity index (χ0) is 14.7. The van der Waals surface area contributed by atoms with Gasteiger partial charge in [-0.05, 0) is 18.8 Å². The Morgan fingerprint density at radius 1 is 1.05 bits per heavy atom. The molecule has 0 bridgehead atoms. The number of unbranched alkanes of at least 4 members (excludes halogenated alkanes) is 5. The summed E-state index contributed by atoms with van der Waals surface area (Å²) in [6, 6.07) is 0. The maximum atomic E-state index is 13.6. The van der Waals surface area contributed by atoms with E-state index in [2.05, 4.69) is 6.92 Å². The van der Waals surface area contributed by atoms with Crippen molar-refractivity contribution < 1.29 is 17.8 Å². The minimum absolute atomic E-state index is 0.131.